The summed E-state index contributed by atoms with van der Waals surface area (Å²) >= 11 is 0. The predicted molar refractivity (Wildman–Crippen MR) is 94.8 cm³/mol. The summed E-state index contributed by atoms with van der Waals surface area (Å²) < 4.78 is 10.3. The van der Waals surface area contributed by atoms with E-state index in [2.05, 4.69) is 5.32 Å². The maximum absolute atomic E-state index is 12.5. The number of methoxy groups -OCH3 is 2. The van der Waals surface area contributed by atoms with E-state index < -0.39 is 16.9 Å². The SMILES string of the molecule is CCCN(CCNCC#N)C(C(=O)OC)c1cc([N+](=O)[O-])ccc1OC. The van der Waals surface area contributed by atoms with Crippen molar-refractivity contribution in [2.45, 2.75) is 19.4 Å². The molecule has 0 aliphatic heterocycles. The van der Waals surface area contributed by atoms with Crippen LogP contribution in [0.25, 0.3) is 0 Å². The number of hydrogen-bond acceptors (Lipinski definition) is 8. The lowest BCUT2D eigenvalue weighted by atomic mass is 10.0. The molecule has 0 saturated heterocycles. The smallest absolute Gasteiger partial charge is 0.327 e. The number of nitro groups is 1. The molecule has 0 radical (unpaired) electrons. The topological polar surface area (TPSA) is 118 Å². The Morgan fingerprint density at radius 2 is 2.15 bits per heavy atom. The summed E-state index contributed by atoms with van der Waals surface area (Å²) in [6.07, 6.45) is 0.767. The van der Waals surface area contributed by atoms with Gasteiger partial charge in [0.05, 0.1) is 31.8 Å². The lowest BCUT2D eigenvalue weighted by Crippen LogP contribution is -2.40. The molecule has 0 amide bonds. The minimum Gasteiger partial charge on any atom is -0.496 e. The maximum atomic E-state index is 12.5. The van der Waals surface area contributed by atoms with Crippen LogP contribution in [0.4, 0.5) is 5.69 Å². The van der Waals surface area contributed by atoms with Gasteiger partial charge in [0.2, 0.25) is 0 Å². The zero-order chi connectivity index (χ0) is 19.5. The maximum Gasteiger partial charge on any atom is 0.327 e. The zero-order valence-electron chi connectivity index (χ0n) is 15.2. The van der Waals surface area contributed by atoms with Crippen LogP contribution in [0.3, 0.4) is 0 Å². The first-order valence-corrected chi connectivity index (χ1v) is 8.22. The summed E-state index contributed by atoms with van der Waals surface area (Å²) in [4.78, 5) is 25.0. The van der Waals surface area contributed by atoms with Crippen LogP contribution in [-0.2, 0) is 9.53 Å². The molecule has 0 aliphatic carbocycles. The highest BCUT2D eigenvalue weighted by molar-refractivity contribution is 5.79. The molecule has 1 rings (SSSR count). The first kappa shape index (κ1) is 21.3. The molecule has 142 valence electrons. The third-order valence-corrected chi connectivity index (χ3v) is 3.80. The first-order valence-electron chi connectivity index (χ1n) is 8.22. The van der Waals surface area contributed by atoms with Gasteiger partial charge in [-0.2, -0.15) is 5.26 Å². The van der Waals surface area contributed by atoms with Gasteiger partial charge >= 0.3 is 5.97 Å². The van der Waals surface area contributed by atoms with Crippen molar-refractivity contribution < 1.29 is 19.2 Å². The number of nitro benzene ring substituents is 1. The average Bonchev–Trinajstić information content (AvgIpc) is 2.64. The molecule has 0 saturated carbocycles. The molecular formula is C17H24N4O5. The van der Waals surface area contributed by atoms with Crippen LogP contribution in [0.15, 0.2) is 18.2 Å². The molecule has 1 aromatic rings. The molecule has 1 atom stereocenters. The summed E-state index contributed by atoms with van der Waals surface area (Å²) in [5, 5.41) is 22.7. The second-order valence-electron chi connectivity index (χ2n) is 5.48. The summed E-state index contributed by atoms with van der Waals surface area (Å²) in [6.45, 7) is 3.68. The Hall–Kier alpha value is -2.70. The largest absolute Gasteiger partial charge is 0.496 e. The van der Waals surface area contributed by atoms with Gasteiger partial charge in [-0.25, -0.2) is 4.79 Å². The second kappa shape index (κ2) is 11.0. The van der Waals surface area contributed by atoms with E-state index in [0.717, 1.165) is 6.42 Å². The molecular weight excluding hydrogens is 340 g/mol. The van der Waals surface area contributed by atoms with Crippen LogP contribution >= 0.6 is 0 Å². The van der Waals surface area contributed by atoms with Crippen LogP contribution in [0.2, 0.25) is 0 Å². The highest BCUT2D eigenvalue weighted by atomic mass is 16.6. The number of benzene rings is 1. The van der Waals surface area contributed by atoms with Crippen molar-refractivity contribution in [1.29, 1.82) is 5.26 Å². The fourth-order valence-corrected chi connectivity index (χ4v) is 2.66. The van der Waals surface area contributed by atoms with Crippen LogP contribution in [-0.4, -0.2) is 56.2 Å². The van der Waals surface area contributed by atoms with Gasteiger partial charge in [0.25, 0.3) is 5.69 Å². The van der Waals surface area contributed by atoms with Gasteiger partial charge in [-0.15, -0.1) is 0 Å². The number of esters is 1. The van der Waals surface area contributed by atoms with Gasteiger partial charge in [-0.05, 0) is 19.0 Å². The standard InChI is InChI=1S/C17H24N4O5/c1-4-10-20(11-9-19-8-7-18)16(17(22)26-3)14-12-13(21(23)24)5-6-15(14)25-2/h5-6,12,16,19H,4,8-11H2,1-3H3. The summed E-state index contributed by atoms with van der Waals surface area (Å²) in [5.41, 5.74) is 0.246. The zero-order valence-corrected chi connectivity index (χ0v) is 15.2. The van der Waals surface area contributed by atoms with E-state index in [-0.39, 0.29) is 12.2 Å². The fraction of sp³-hybridized carbons (Fsp3) is 0.529. The molecule has 9 nitrogen and oxygen atoms in total. The predicted octanol–water partition coefficient (Wildman–Crippen LogP) is 1.64. The van der Waals surface area contributed by atoms with E-state index in [1.807, 2.05) is 17.9 Å². The van der Waals surface area contributed by atoms with Crippen LogP contribution in [0, 0.1) is 21.4 Å². The number of non-ortho nitro benzene ring substituents is 1. The quantitative estimate of drug-likeness (QED) is 0.207. The molecule has 1 N–H and O–H groups in total. The number of rotatable bonds is 11. The highest BCUT2D eigenvalue weighted by Gasteiger charge is 2.32. The van der Waals surface area contributed by atoms with Crippen LogP contribution < -0.4 is 10.1 Å². The van der Waals surface area contributed by atoms with E-state index in [1.54, 1.807) is 0 Å². The Labute approximate surface area is 152 Å². The number of carbonyl (C=O) groups is 1. The minimum atomic E-state index is -0.848. The molecule has 9 heteroatoms. The molecule has 0 bridgehead atoms. The van der Waals surface area contributed by atoms with E-state index >= 15 is 0 Å². The molecule has 0 spiro atoms. The number of hydrogen-bond donors (Lipinski definition) is 1. The molecule has 1 unspecified atom stereocenters. The normalized spacial score (nSPS) is 11.7. The van der Waals surface area contributed by atoms with Crippen molar-refractivity contribution in [3.8, 4) is 11.8 Å². The van der Waals surface area contributed by atoms with Crippen molar-refractivity contribution in [1.82, 2.24) is 10.2 Å². The van der Waals surface area contributed by atoms with E-state index in [4.69, 9.17) is 14.7 Å². The van der Waals surface area contributed by atoms with Gasteiger partial charge < -0.3 is 14.8 Å². The summed E-state index contributed by atoms with van der Waals surface area (Å²) in [7, 11) is 2.72. The van der Waals surface area contributed by atoms with E-state index in [0.29, 0.717) is 30.9 Å². The Balaban J connectivity index is 3.29. The molecule has 0 aliphatic rings. The summed E-state index contributed by atoms with van der Waals surface area (Å²) in [6, 6.07) is 5.28. The number of nitrogens with one attached hydrogen (secondary N) is 1. The van der Waals surface area contributed by atoms with E-state index in [1.165, 1.54) is 32.4 Å². The van der Waals surface area contributed by atoms with Crippen molar-refractivity contribution in [3.05, 3.63) is 33.9 Å². The monoisotopic (exact) mass is 364 g/mol. The van der Waals surface area contributed by atoms with Gasteiger partial charge in [-0.1, -0.05) is 6.92 Å². The molecule has 0 fully saturated rings. The summed E-state index contributed by atoms with van der Waals surface area (Å²) in [5.74, 6) is -0.158. The van der Waals surface area contributed by atoms with Gasteiger partial charge in [-0.3, -0.25) is 15.0 Å². The first-order chi connectivity index (χ1) is 12.5. The van der Waals surface area contributed by atoms with Crippen molar-refractivity contribution in [2.75, 3.05) is 40.4 Å². The van der Waals surface area contributed by atoms with Crippen molar-refractivity contribution >= 4 is 11.7 Å². The molecule has 0 heterocycles. The molecule has 26 heavy (non-hydrogen) atoms. The Kier molecular flexibility index (Phi) is 9.05. The number of nitrogens with zero attached hydrogens (tertiary/aromatic N) is 3. The third kappa shape index (κ3) is 5.68. The number of carbonyl (C=O) groups excluding carboxylic acids is 1. The highest BCUT2D eigenvalue weighted by Crippen LogP contribution is 2.33. The van der Waals surface area contributed by atoms with Gasteiger partial charge in [0.1, 0.15) is 11.8 Å². The average molecular weight is 364 g/mol. The minimum absolute atomic E-state index is 0.131. The lowest BCUT2D eigenvalue weighted by molar-refractivity contribution is -0.385. The number of ether oxygens (including phenoxy) is 2. The third-order valence-electron chi connectivity index (χ3n) is 3.80. The van der Waals surface area contributed by atoms with E-state index in [9.17, 15) is 14.9 Å². The number of nitriles is 1. The molecule has 1 aromatic carbocycles. The second-order valence-corrected chi connectivity index (χ2v) is 5.48. The Morgan fingerprint density at radius 3 is 2.69 bits per heavy atom. The Morgan fingerprint density at radius 1 is 1.42 bits per heavy atom. The Bertz CT molecular complexity index is 659. The lowest BCUT2D eigenvalue weighted by Gasteiger charge is -2.30. The molecule has 0 aromatic heterocycles. The van der Waals surface area contributed by atoms with Crippen molar-refractivity contribution in [2.24, 2.45) is 0 Å². The van der Waals surface area contributed by atoms with Crippen LogP contribution in [0.5, 0.6) is 5.75 Å². The van der Waals surface area contributed by atoms with Gasteiger partial charge in [0.15, 0.2) is 0 Å². The van der Waals surface area contributed by atoms with Crippen molar-refractivity contribution in [3.63, 3.8) is 0 Å². The fourth-order valence-electron chi connectivity index (χ4n) is 2.66. The van der Waals surface area contributed by atoms with Gasteiger partial charge in [0, 0.05) is 30.8 Å². The van der Waals surface area contributed by atoms with Crippen LogP contribution in [0.1, 0.15) is 24.9 Å².